The number of nitrogens with one attached hydrogen (secondary N) is 2. The topological polar surface area (TPSA) is 88.5 Å². The summed E-state index contributed by atoms with van der Waals surface area (Å²) in [6.45, 7) is 5.16. The highest BCUT2D eigenvalue weighted by molar-refractivity contribution is 5.89. The van der Waals surface area contributed by atoms with E-state index in [0.29, 0.717) is 31.5 Å². The molecule has 0 saturated carbocycles. The van der Waals surface area contributed by atoms with Crippen molar-refractivity contribution in [3.63, 3.8) is 0 Å². The Kier molecular flexibility index (Phi) is 7.49. The molecule has 154 valence electrons. The van der Waals surface area contributed by atoms with Gasteiger partial charge in [-0.2, -0.15) is 0 Å². The number of hydrogen-bond acceptors (Lipinski definition) is 6. The Morgan fingerprint density at radius 3 is 2.13 bits per heavy atom. The van der Waals surface area contributed by atoms with Crippen molar-refractivity contribution in [3.8, 4) is 17.1 Å². The summed E-state index contributed by atoms with van der Waals surface area (Å²) in [6.07, 6.45) is 3.88. The molecule has 2 N–H and O–H groups in total. The summed E-state index contributed by atoms with van der Waals surface area (Å²) in [6, 6.07) is 18.7. The van der Waals surface area contributed by atoms with Crippen LogP contribution in [0.25, 0.3) is 11.1 Å². The van der Waals surface area contributed by atoms with Gasteiger partial charge in [0, 0.05) is 18.0 Å². The van der Waals surface area contributed by atoms with Crippen molar-refractivity contribution in [2.45, 2.75) is 20.0 Å². The quantitative estimate of drug-likeness (QED) is 0.654. The molecule has 2 heterocycles. The summed E-state index contributed by atoms with van der Waals surface area (Å²) in [7, 11) is 0. The van der Waals surface area contributed by atoms with Gasteiger partial charge in [-0.25, -0.2) is 15.0 Å². The molecule has 0 saturated heterocycles. The SMILES string of the molecule is Cc1ccc(C)cc1.O=CNC1=NCC(Oc2ncc(-c3ccccc3)cn2)CN1. The van der Waals surface area contributed by atoms with E-state index in [2.05, 4.69) is 63.7 Å². The minimum atomic E-state index is -0.167. The Morgan fingerprint density at radius 1 is 0.967 bits per heavy atom. The van der Waals surface area contributed by atoms with Gasteiger partial charge in [-0.15, -0.1) is 0 Å². The van der Waals surface area contributed by atoms with Crippen molar-refractivity contribution in [3.05, 3.63) is 78.1 Å². The number of carbonyl (C=O) groups excluding carboxylic acids is 1. The molecule has 4 rings (SSSR count). The van der Waals surface area contributed by atoms with Crippen molar-refractivity contribution >= 4 is 12.4 Å². The third kappa shape index (κ3) is 6.41. The normalized spacial score (nSPS) is 15.0. The van der Waals surface area contributed by atoms with Gasteiger partial charge in [0.1, 0.15) is 6.10 Å². The van der Waals surface area contributed by atoms with Crippen LogP contribution < -0.4 is 15.4 Å². The molecule has 7 nitrogen and oxygen atoms in total. The molecular formula is C23H25N5O2. The summed E-state index contributed by atoms with van der Waals surface area (Å²) in [5.41, 5.74) is 4.65. The number of ether oxygens (including phenoxy) is 1. The van der Waals surface area contributed by atoms with E-state index in [1.165, 1.54) is 11.1 Å². The Morgan fingerprint density at radius 2 is 1.60 bits per heavy atom. The van der Waals surface area contributed by atoms with Gasteiger partial charge >= 0.3 is 6.01 Å². The van der Waals surface area contributed by atoms with E-state index < -0.39 is 0 Å². The van der Waals surface area contributed by atoms with E-state index in [-0.39, 0.29) is 6.10 Å². The number of benzene rings is 2. The number of aliphatic imine (C=N–C) groups is 1. The maximum atomic E-state index is 10.3. The van der Waals surface area contributed by atoms with Crippen LogP contribution in [0.15, 0.2) is 72.0 Å². The Balaban J connectivity index is 0.000000269. The lowest BCUT2D eigenvalue weighted by Gasteiger charge is -2.22. The molecule has 1 atom stereocenters. The summed E-state index contributed by atoms with van der Waals surface area (Å²) in [4.78, 5) is 22.9. The van der Waals surface area contributed by atoms with Gasteiger partial charge < -0.3 is 10.1 Å². The lowest BCUT2D eigenvalue weighted by Crippen LogP contribution is -2.47. The molecule has 1 aromatic heterocycles. The molecule has 0 radical (unpaired) electrons. The number of rotatable bonds is 4. The van der Waals surface area contributed by atoms with Crippen molar-refractivity contribution < 1.29 is 9.53 Å². The molecular weight excluding hydrogens is 378 g/mol. The molecule has 0 spiro atoms. The minimum Gasteiger partial charge on any atom is -0.456 e. The van der Waals surface area contributed by atoms with Gasteiger partial charge in [0.25, 0.3) is 0 Å². The molecule has 2 aromatic carbocycles. The first-order valence-corrected chi connectivity index (χ1v) is 9.70. The molecule has 0 fully saturated rings. The maximum absolute atomic E-state index is 10.3. The number of hydrogen-bond donors (Lipinski definition) is 2. The lowest BCUT2D eigenvalue weighted by atomic mass is 10.1. The Bertz CT molecular complexity index is 936. The molecule has 1 amide bonds. The van der Waals surface area contributed by atoms with Crippen LogP contribution >= 0.6 is 0 Å². The van der Waals surface area contributed by atoms with Crippen LogP contribution in [0.2, 0.25) is 0 Å². The zero-order valence-electron chi connectivity index (χ0n) is 17.1. The standard InChI is InChI=1S/C15H15N5O2.C8H10/c21-10-20-14-16-8-13(9-17-14)22-15-18-6-12(7-19-15)11-4-2-1-3-5-11;1-7-3-5-8(2)6-4-7/h1-7,10,13H,8-9H2,(H2,16,17,20,21);3-6H,1-2H3. The number of carbonyl (C=O) groups is 1. The molecule has 1 aliphatic rings. The summed E-state index contributed by atoms with van der Waals surface area (Å²) < 4.78 is 5.66. The van der Waals surface area contributed by atoms with E-state index in [9.17, 15) is 4.79 Å². The van der Waals surface area contributed by atoms with Gasteiger partial charge in [-0.1, -0.05) is 65.7 Å². The van der Waals surface area contributed by atoms with Gasteiger partial charge in [0.2, 0.25) is 6.41 Å². The third-order valence-electron chi connectivity index (χ3n) is 4.37. The smallest absolute Gasteiger partial charge is 0.316 e. The fourth-order valence-corrected chi connectivity index (χ4v) is 2.70. The second-order valence-electron chi connectivity index (χ2n) is 6.85. The highest BCUT2D eigenvalue weighted by atomic mass is 16.5. The van der Waals surface area contributed by atoms with Crippen molar-refractivity contribution in [1.82, 2.24) is 20.6 Å². The van der Waals surface area contributed by atoms with Gasteiger partial charge in [0.05, 0.1) is 13.1 Å². The molecule has 7 heteroatoms. The second-order valence-corrected chi connectivity index (χ2v) is 6.85. The van der Waals surface area contributed by atoms with E-state index >= 15 is 0 Å². The average molecular weight is 403 g/mol. The molecule has 30 heavy (non-hydrogen) atoms. The van der Waals surface area contributed by atoms with Crippen LogP contribution in [-0.4, -0.2) is 41.5 Å². The average Bonchev–Trinajstić information content (AvgIpc) is 2.79. The molecule has 1 aliphatic heterocycles. The molecule has 3 aromatic rings. The van der Waals surface area contributed by atoms with E-state index in [1.54, 1.807) is 12.4 Å². The van der Waals surface area contributed by atoms with Crippen LogP contribution in [-0.2, 0) is 4.79 Å². The van der Waals surface area contributed by atoms with Crippen LogP contribution in [0.3, 0.4) is 0 Å². The summed E-state index contributed by atoms with van der Waals surface area (Å²) in [5.74, 6) is 0.454. The third-order valence-corrected chi connectivity index (χ3v) is 4.37. The van der Waals surface area contributed by atoms with Gasteiger partial charge in [-0.05, 0) is 19.4 Å². The maximum Gasteiger partial charge on any atom is 0.316 e. The molecule has 1 unspecified atom stereocenters. The highest BCUT2D eigenvalue weighted by Crippen LogP contribution is 2.18. The first-order valence-electron chi connectivity index (χ1n) is 9.70. The number of aromatic nitrogens is 2. The number of guanidine groups is 1. The van der Waals surface area contributed by atoms with Crippen LogP contribution in [0.4, 0.5) is 0 Å². The second kappa shape index (κ2) is 10.7. The van der Waals surface area contributed by atoms with E-state index in [1.807, 2.05) is 30.3 Å². The zero-order chi connectivity index (χ0) is 21.2. The van der Waals surface area contributed by atoms with Crippen molar-refractivity contribution in [1.29, 1.82) is 0 Å². The fraction of sp³-hybridized carbons (Fsp3) is 0.217. The molecule has 0 aliphatic carbocycles. The lowest BCUT2D eigenvalue weighted by molar-refractivity contribution is -0.108. The van der Waals surface area contributed by atoms with Gasteiger partial charge in [-0.3, -0.25) is 10.1 Å². The number of amides is 1. The van der Waals surface area contributed by atoms with E-state index in [0.717, 1.165) is 11.1 Å². The van der Waals surface area contributed by atoms with Crippen LogP contribution in [0.1, 0.15) is 11.1 Å². The predicted octanol–water partition coefficient (Wildman–Crippen LogP) is 2.90. The van der Waals surface area contributed by atoms with Crippen molar-refractivity contribution in [2.75, 3.05) is 13.1 Å². The highest BCUT2D eigenvalue weighted by Gasteiger charge is 2.17. The first-order chi connectivity index (χ1) is 14.6. The van der Waals surface area contributed by atoms with Crippen molar-refractivity contribution in [2.24, 2.45) is 4.99 Å². The fourth-order valence-electron chi connectivity index (χ4n) is 2.70. The predicted molar refractivity (Wildman–Crippen MR) is 117 cm³/mol. The minimum absolute atomic E-state index is 0.167. The number of aryl methyl sites for hydroxylation is 2. The van der Waals surface area contributed by atoms with Gasteiger partial charge in [0.15, 0.2) is 5.96 Å². The van der Waals surface area contributed by atoms with E-state index in [4.69, 9.17) is 4.74 Å². The Hall–Kier alpha value is -3.74. The monoisotopic (exact) mass is 403 g/mol. The molecule has 0 bridgehead atoms. The first kappa shape index (κ1) is 21.0. The summed E-state index contributed by atoms with van der Waals surface area (Å²) >= 11 is 0. The number of nitrogens with zero attached hydrogens (tertiary/aromatic N) is 3. The zero-order valence-corrected chi connectivity index (χ0v) is 17.1. The summed E-state index contributed by atoms with van der Waals surface area (Å²) in [5, 5.41) is 5.42. The van der Waals surface area contributed by atoms with Crippen LogP contribution in [0.5, 0.6) is 6.01 Å². The Labute approximate surface area is 176 Å². The largest absolute Gasteiger partial charge is 0.456 e. The van der Waals surface area contributed by atoms with Crippen LogP contribution in [0, 0.1) is 13.8 Å².